The highest BCUT2D eigenvalue weighted by atomic mass is 16.5. The van der Waals surface area contributed by atoms with Crippen LogP contribution in [0.2, 0.25) is 0 Å². The lowest BCUT2D eigenvalue weighted by Gasteiger charge is -2.11. The van der Waals surface area contributed by atoms with Crippen molar-refractivity contribution in [1.82, 2.24) is 5.32 Å². The molecule has 0 aromatic heterocycles. The van der Waals surface area contributed by atoms with Crippen molar-refractivity contribution in [2.75, 3.05) is 27.4 Å². The molecule has 1 rings (SSSR count). The maximum atomic E-state index is 11.5. The van der Waals surface area contributed by atoms with E-state index in [0.29, 0.717) is 18.5 Å². The van der Waals surface area contributed by atoms with Crippen LogP contribution >= 0.6 is 0 Å². The molecule has 0 aliphatic heterocycles. The fourth-order valence-electron chi connectivity index (χ4n) is 1.64. The fraction of sp³-hybridized carbons (Fsp3) is 0.429. The van der Waals surface area contributed by atoms with Crippen LogP contribution < -0.4 is 11.1 Å². The molecule has 0 saturated heterocycles. The SMILES string of the molecule is COCC(N)C(=O)NCCc1ccc(C(=O)OC)cc1. The zero-order chi connectivity index (χ0) is 15.0. The Morgan fingerprint density at radius 3 is 2.45 bits per heavy atom. The van der Waals surface area contributed by atoms with Crippen molar-refractivity contribution in [2.24, 2.45) is 5.73 Å². The summed E-state index contributed by atoms with van der Waals surface area (Å²) in [4.78, 5) is 22.8. The highest BCUT2D eigenvalue weighted by Crippen LogP contribution is 2.06. The Morgan fingerprint density at radius 2 is 1.90 bits per heavy atom. The number of carbonyl (C=O) groups excluding carboxylic acids is 2. The number of hydrogen-bond donors (Lipinski definition) is 2. The van der Waals surface area contributed by atoms with Gasteiger partial charge in [-0.2, -0.15) is 0 Å². The third-order valence-electron chi connectivity index (χ3n) is 2.77. The summed E-state index contributed by atoms with van der Waals surface area (Å²) in [7, 11) is 2.84. The third-order valence-corrected chi connectivity index (χ3v) is 2.77. The van der Waals surface area contributed by atoms with Gasteiger partial charge in [0.2, 0.25) is 5.91 Å². The molecule has 1 amide bonds. The van der Waals surface area contributed by atoms with Crippen LogP contribution in [0.4, 0.5) is 0 Å². The molecule has 20 heavy (non-hydrogen) atoms. The first-order valence-corrected chi connectivity index (χ1v) is 6.28. The maximum Gasteiger partial charge on any atom is 0.337 e. The van der Waals surface area contributed by atoms with Crippen molar-refractivity contribution >= 4 is 11.9 Å². The van der Waals surface area contributed by atoms with E-state index in [1.165, 1.54) is 14.2 Å². The Bertz CT molecular complexity index is 445. The highest BCUT2D eigenvalue weighted by Gasteiger charge is 2.11. The minimum absolute atomic E-state index is 0.194. The average Bonchev–Trinajstić information content (AvgIpc) is 2.47. The van der Waals surface area contributed by atoms with Crippen LogP contribution in [-0.2, 0) is 20.7 Å². The second kappa shape index (κ2) is 8.29. The van der Waals surface area contributed by atoms with Crippen molar-refractivity contribution in [2.45, 2.75) is 12.5 Å². The number of amides is 1. The number of carbonyl (C=O) groups is 2. The molecule has 1 aromatic rings. The van der Waals surface area contributed by atoms with Gasteiger partial charge in [0, 0.05) is 13.7 Å². The summed E-state index contributed by atoms with van der Waals surface area (Å²) in [5, 5.41) is 2.73. The van der Waals surface area contributed by atoms with Gasteiger partial charge in [-0.1, -0.05) is 12.1 Å². The predicted molar refractivity (Wildman–Crippen MR) is 74.3 cm³/mol. The quantitative estimate of drug-likeness (QED) is 0.692. The molecule has 110 valence electrons. The standard InChI is InChI=1S/C14H20N2O4/c1-19-9-12(15)13(17)16-8-7-10-3-5-11(6-4-10)14(18)20-2/h3-6,12H,7-9,15H2,1-2H3,(H,16,17). The van der Waals surface area contributed by atoms with Gasteiger partial charge < -0.3 is 20.5 Å². The van der Waals surface area contributed by atoms with Gasteiger partial charge in [-0.3, -0.25) is 4.79 Å². The summed E-state index contributed by atoms with van der Waals surface area (Å²) in [6.45, 7) is 0.674. The molecule has 0 spiro atoms. The van der Waals surface area contributed by atoms with Crippen molar-refractivity contribution in [1.29, 1.82) is 0 Å². The molecule has 0 saturated carbocycles. The van der Waals surface area contributed by atoms with E-state index in [1.807, 2.05) is 12.1 Å². The van der Waals surface area contributed by atoms with Gasteiger partial charge >= 0.3 is 5.97 Å². The Hall–Kier alpha value is -1.92. The van der Waals surface area contributed by atoms with Crippen LogP contribution in [-0.4, -0.2) is 45.3 Å². The first kappa shape index (κ1) is 16.1. The fourth-order valence-corrected chi connectivity index (χ4v) is 1.64. The van der Waals surface area contributed by atoms with E-state index < -0.39 is 6.04 Å². The van der Waals surface area contributed by atoms with Gasteiger partial charge in [-0.15, -0.1) is 0 Å². The minimum Gasteiger partial charge on any atom is -0.465 e. The zero-order valence-electron chi connectivity index (χ0n) is 11.7. The molecule has 0 fully saturated rings. The van der Waals surface area contributed by atoms with E-state index in [9.17, 15) is 9.59 Å². The first-order valence-electron chi connectivity index (χ1n) is 6.28. The molecule has 6 heteroatoms. The summed E-state index contributed by atoms with van der Waals surface area (Å²) < 4.78 is 9.42. The smallest absolute Gasteiger partial charge is 0.337 e. The first-order chi connectivity index (χ1) is 9.58. The lowest BCUT2D eigenvalue weighted by molar-refractivity contribution is -0.123. The summed E-state index contributed by atoms with van der Waals surface area (Å²) in [5.41, 5.74) is 7.10. The van der Waals surface area contributed by atoms with Crippen LogP contribution in [0.15, 0.2) is 24.3 Å². The van der Waals surface area contributed by atoms with E-state index in [4.69, 9.17) is 10.5 Å². The summed E-state index contributed by atoms with van der Waals surface area (Å²) in [5.74, 6) is -0.603. The summed E-state index contributed by atoms with van der Waals surface area (Å²) in [6, 6.07) is 6.39. The molecule has 0 radical (unpaired) electrons. The molecule has 0 bridgehead atoms. The largest absolute Gasteiger partial charge is 0.465 e. The van der Waals surface area contributed by atoms with E-state index in [-0.39, 0.29) is 18.5 Å². The molecule has 0 heterocycles. The third kappa shape index (κ3) is 4.99. The molecular formula is C14H20N2O4. The Labute approximate surface area is 118 Å². The Kier molecular flexibility index (Phi) is 6.69. The predicted octanol–water partition coefficient (Wildman–Crippen LogP) is 0.106. The average molecular weight is 280 g/mol. The van der Waals surface area contributed by atoms with Gasteiger partial charge in [0.15, 0.2) is 0 Å². The molecule has 1 unspecified atom stereocenters. The van der Waals surface area contributed by atoms with Crippen LogP contribution in [0.5, 0.6) is 0 Å². The van der Waals surface area contributed by atoms with E-state index >= 15 is 0 Å². The molecule has 3 N–H and O–H groups in total. The van der Waals surface area contributed by atoms with Gasteiger partial charge in [-0.05, 0) is 24.1 Å². The molecule has 1 aromatic carbocycles. The van der Waals surface area contributed by atoms with Crippen LogP contribution in [0.25, 0.3) is 0 Å². The topological polar surface area (TPSA) is 90.6 Å². The number of hydrogen-bond acceptors (Lipinski definition) is 5. The maximum absolute atomic E-state index is 11.5. The summed E-state index contributed by atoms with van der Waals surface area (Å²) in [6.07, 6.45) is 0.660. The highest BCUT2D eigenvalue weighted by molar-refractivity contribution is 5.89. The Balaban J connectivity index is 2.39. The number of benzene rings is 1. The number of esters is 1. The van der Waals surface area contributed by atoms with Gasteiger partial charge in [0.1, 0.15) is 6.04 Å². The number of ether oxygens (including phenoxy) is 2. The van der Waals surface area contributed by atoms with Crippen LogP contribution in [0.3, 0.4) is 0 Å². The number of nitrogens with one attached hydrogen (secondary N) is 1. The van der Waals surface area contributed by atoms with Crippen molar-refractivity contribution < 1.29 is 19.1 Å². The minimum atomic E-state index is -0.651. The Morgan fingerprint density at radius 1 is 1.25 bits per heavy atom. The molecule has 6 nitrogen and oxygen atoms in total. The number of nitrogens with two attached hydrogens (primary N) is 1. The summed E-state index contributed by atoms with van der Waals surface area (Å²) >= 11 is 0. The lowest BCUT2D eigenvalue weighted by Crippen LogP contribution is -2.44. The van der Waals surface area contributed by atoms with Crippen molar-refractivity contribution in [3.05, 3.63) is 35.4 Å². The van der Waals surface area contributed by atoms with Gasteiger partial charge in [0.25, 0.3) is 0 Å². The normalized spacial score (nSPS) is 11.8. The number of methoxy groups -OCH3 is 2. The van der Waals surface area contributed by atoms with E-state index in [1.54, 1.807) is 12.1 Å². The molecular weight excluding hydrogens is 260 g/mol. The van der Waals surface area contributed by atoms with Crippen molar-refractivity contribution in [3.8, 4) is 0 Å². The van der Waals surface area contributed by atoms with E-state index in [0.717, 1.165) is 5.56 Å². The van der Waals surface area contributed by atoms with Gasteiger partial charge in [0.05, 0.1) is 19.3 Å². The number of rotatable bonds is 7. The van der Waals surface area contributed by atoms with Gasteiger partial charge in [-0.25, -0.2) is 4.79 Å². The second-order valence-corrected chi connectivity index (χ2v) is 4.29. The molecule has 1 atom stereocenters. The molecule has 0 aliphatic carbocycles. The monoisotopic (exact) mass is 280 g/mol. The lowest BCUT2D eigenvalue weighted by atomic mass is 10.1. The van der Waals surface area contributed by atoms with Crippen LogP contribution in [0.1, 0.15) is 15.9 Å². The zero-order valence-corrected chi connectivity index (χ0v) is 11.7. The molecule has 0 aliphatic rings. The van der Waals surface area contributed by atoms with Crippen molar-refractivity contribution in [3.63, 3.8) is 0 Å². The van der Waals surface area contributed by atoms with Crippen LogP contribution in [0, 0.1) is 0 Å². The van der Waals surface area contributed by atoms with E-state index in [2.05, 4.69) is 10.1 Å². The second-order valence-electron chi connectivity index (χ2n) is 4.29.